The van der Waals surface area contributed by atoms with Crippen LogP contribution < -0.4 is 0 Å². The lowest BCUT2D eigenvalue weighted by Crippen LogP contribution is -2.26. The Bertz CT molecular complexity index is 593. The van der Waals surface area contributed by atoms with E-state index in [1.54, 1.807) is 0 Å². The van der Waals surface area contributed by atoms with Gasteiger partial charge >= 0.3 is 0 Å². The van der Waals surface area contributed by atoms with Crippen molar-refractivity contribution < 1.29 is 0 Å². The van der Waals surface area contributed by atoms with E-state index < -0.39 is 0 Å². The minimum Gasteiger partial charge on any atom is -0.299 e. The molecule has 0 spiro atoms. The van der Waals surface area contributed by atoms with Gasteiger partial charge in [0.25, 0.3) is 0 Å². The number of rotatable bonds is 6. The van der Waals surface area contributed by atoms with E-state index in [4.69, 9.17) is 11.6 Å². The Hall–Kier alpha value is -1.12. The molecule has 1 aromatic heterocycles. The lowest BCUT2D eigenvalue weighted by Gasteiger charge is -2.22. The second-order valence-corrected chi connectivity index (χ2v) is 6.17. The van der Waals surface area contributed by atoms with Crippen molar-refractivity contribution in [3.05, 3.63) is 41.0 Å². The van der Waals surface area contributed by atoms with E-state index in [-0.39, 0.29) is 0 Å². The van der Waals surface area contributed by atoms with Gasteiger partial charge in [0.2, 0.25) is 0 Å². The van der Waals surface area contributed by atoms with Crippen molar-refractivity contribution >= 4 is 22.5 Å². The highest BCUT2D eigenvalue weighted by Gasteiger charge is 2.24. The van der Waals surface area contributed by atoms with Crippen molar-refractivity contribution in [3.63, 3.8) is 0 Å². The van der Waals surface area contributed by atoms with Gasteiger partial charge in [-0.2, -0.15) is 0 Å². The van der Waals surface area contributed by atoms with E-state index in [0.717, 1.165) is 30.1 Å². The van der Waals surface area contributed by atoms with Gasteiger partial charge in [0, 0.05) is 24.0 Å². The van der Waals surface area contributed by atoms with Crippen LogP contribution in [0.15, 0.2) is 30.3 Å². The molecule has 1 aliphatic rings. The van der Waals surface area contributed by atoms with Crippen LogP contribution in [0.2, 0.25) is 5.15 Å². The van der Waals surface area contributed by atoms with Crippen LogP contribution in [0.3, 0.4) is 0 Å². The van der Waals surface area contributed by atoms with E-state index in [0.29, 0.717) is 5.15 Å². The van der Waals surface area contributed by atoms with Crippen molar-refractivity contribution in [2.75, 3.05) is 13.1 Å². The molecule has 2 nitrogen and oxygen atoms in total. The number of hydrogen-bond acceptors (Lipinski definition) is 2. The molecular weight excluding hydrogens is 268 g/mol. The molecule has 3 heteroatoms. The van der Waals surface area contributed by atoms with Crippen LogP contribution >= 0.6 is 11.6 Å². The summed E-state index contributed by atoms with van der Waals surface area (Å²) in [5.41, 5.74) is 2.13. The van der Waals surface area contributed by atoms with Crippen LogP contribution in [-0.4, -0.2) is 23.0 Å². The average molecular weight is 289 g/mol. The minimum atomic E-state index is 0.653. The van der Waals surface area contributed by atoms with Crippen LogP contribution in [0.5, 0.6) is 0 Å². The first-order valence-corrected chi connectivity index (χ1v) is 7.90. The van der Waals surface area contributed by atoms with Gasteiger partial charge in [-0.15, -0.1) is 0 Å². The molecule has 0 aliphatic heterocycles. The number of halogens is 1. The first-order chi connectivity index (χ1) is 9.76. The lowest BCUT2D eigenvalue weighted by atomic mass is 10.1. The molecule has 0 amide bonds. The Morgan fingerprint density at radius 1 is 1.30 bits per heavy atom. The van der Waals surface area contributed by atoms with Crippen molar-refractivity contribution in [1.82, 2.24) is 9.88 Å². The van der Waals surface area contributed by atoms with Crippen molar-refractivity contribution in [3.8, 4) is 0 Å². The second kappa shape index (κ2) is 6.11. The number of nitrogens with zero attached hydrogens (tertiary/aromatic N) is 2. The molecule has 3 rings (SSSR count). The Morgan fingerprint density at radius 2 is 2.10 bits per heavy atom. The third-order valence-corrected chi connectivity index (χ3v) is 4.22. The zero-order chi connectivity index (χ0) is 13.9. The maximum atomic E-state index is 6.36. The number of fused-ring (bicyclic) bond motifs is 1. The largest absolute Gasteiger partial charge is 0.299 e. The van der Waals surface area contributed by atoms with Crippen LogP contribution in [0.25, 0.3) is 10.9 Å². The third kappa shape index (κ3) is 3.31. The van der Waals surface area contributed by atoms with Crippen molar-refractivity contribution in [2.45, 2.75) is 32.7 Å². The Balaban J connectivity index is 1.82. The summed E-state index contributed by atoms with van der Waals surface area (Å²) in [6, 6.07) is 10.4. The van der Waals surface area contributed by atoms with Gasteiger partial charge in [-0.3, -0.25) is 4.90 Å². The van der Waals surface area contributed by atoms with Gasteiger partial charge in [0.05, 0.1) is 5.52 Å². The Labute approximate surface area is 125 Å². The molecule has 1 aromatic carbocycles. The van der Waals surface area contributed by atoms with E-state index in [1.165, 1.54) is 31.2 Å². The molecule has 0 atom stereocenters. The lowest BCUT2D eigenvalue weighted by molar-refractivity contribution is 0.255. The first-order valence-electron chi connectivity index (χ1n) is 7.52. The summed E-state index contributed by atoms with van der Waals surface area (Å²) < 4.78 is 0. The molecule has 2 aromatic rings. The van der Waals surface area contributed by atoms with Crippen LogP contribution in [0, 0.1) is 5.92 Å². The maximum absolute atomic E-state index is 6.36. The molecule has 20 heavy (non-hydrogen) atoms. The fourth-order valence-electron chi connectivity index (χ4n) is 2.70. The van der Waals surface area contributed by atoms with E-state index >= 15 is 0 Å². The van der Waals surface area contributed by atoms with Crippen molar-refractivity contribution in [1.29, 1.82) is 0 Å². The molecule has 0 N–H and O–H groups in total. The molecule has 0 saturated heterocycles. The summed E-state index contributed by atoms with van der Waals surface area (Å²) >= 11 is 6.36. The maximum Gasteiger partial charge on any atom is 0.134 e. The van der Waals surface area contributed by atoms with Gasteiger partial charge in [-0.05, 0) is 43.9 Å². The fourth-order valence-corrected chi connectivity index (χ4v) is 2.91. The van der Waals surface area contributed by atoms with Gasteiger partial charge in [0.1, 0.15) is 5.15 Å². The number of pyridine rings is 1. The van der Waals surface area contributed by atoms with E-state index in [9.17, 15) is 0 Å². The highest BCUT2D eigenvalue weighted by Crippen LogP contribution is 2.31. The molecule has 0 radical (unpaired) electrons. The zero-order valence-electron chi connectivity index (χ0n) is 12.0. The van der Waals surface area contributed by atoms with Crippen LogP contribution in [0.4, 0.5) is 0 Å². The summed E-state index contributed by atoms with van der Waals surface area (Å²) in [4.78, 5) is 7.05. The van der Waals surface area contributed by atoms with Gasteiger partial charge in [-0.1, -0.05) is 36.7 Å². The predicted octanol–water partition coefficient (Wildman–Crippen LogP) is 4.51. The number of para-hydroxylation sites is 1. The highest BCUT2D eigenvalue weighted by molar-refractivity contribution is 6.30. The predicted molar refractivity (Wildman–Crippen MR) is 85.0 cm³/mol. The monoisotopic (exact) mass is 288 g/mol. The third-order valence-electron chi connectivity index (χ3n) is 3.90. The molecule has 1 heterocycles. The quantitative estimate of drug-likeness (QED) is 0.727. The minimum absolute atomic E-state index is 0.653. The molecule has 0 unspecified atom stereocenters. The normalized spacial score (nSPS) is 15.2. The molecule has 1 aliphatic carbocycles. The Morgan fingerprint density at radius 3 is 2.85 bits per heavy atom. The molecule has 0 bridgehead atoms. The molecule has 106 valence electrons. The summed E-state index contributed by atoms with van der Waals surface area (Å²) in [7, 11) is 0. The van der Waals surface area contributed by atoms with Gasteiger partial charge in [0.15, 0.2) is 0 Å². The van der Waals surface area contributed by atoms with Gasteiger partial charge < -0.3 is 0 Å². The fraction of sp³-hybridized carbons (Fsp3) is 0.471. The molecule has 1 fully saturated rings. The van der Waals surface area contributed by atoms with Crippen LogP contribution in [0.1, 0.15) is 31.7 Å². The number of benzene rings is 1. The second-order valence-electron chi connectivity index (χ2n) is 5.81. The summed E-state index contributed by atoms with van der Waals surface area (Å²) in [6.45, 7) is 5.50. The smallest absolute Gasteiger partial charge is 0.134 e. The molecular formula is C17H21ClN2. The summed E-state index contributed by atoms with van der Waals surface area (Å²) in [5, 5.41) is 1.83. The first kappa shape index (κ1) is 13.8. The topological polar surface area (TPSA) is 16.1 Å². The zero-order valence-corrected chi connectivity index (χ0v) is 12.7. The average Bonchev–Trinajstić information content (AvgIpc) is 3.24. The number of aromatic nitrogens is 1. The SMILES string of the molecule is CCCN(Cc1cc2ccccc2nc1Cl)CC1CC1. The van der Waals surface area contributed by atoms with Crippen LogP contribution in [-0.2, 0) is 6.54 Å². The summed E-state index contributed by atoms with van der Waals surface area (Å²) in [5.74, 6) is 0.911. The standard InChI is InChI=1S/C17H21ClN2/c1-2-9-20(11-13-7-8-13)12-15-10-14-5-3-4-6-16(14)19-17(15)18/h3-6,10,13H,2,7-9,11-12H2,1H3. The van der Waals surface area contributed by atoms with E-state index in [1.807, 2.05) is 12.1 Å². The van der Waals surface area contributed by atoms with Gasteiger partial charge in [-0.25, -0.2) is 4.98 Å². The highest BCUT2D eigenvalue weighted by atomic mass is 35.5. The molecule has 1 saturated carbocycles. The van der Waals surface area contributed by atoms with E-state index in [2.05, 4.69) is 35.0 Å². The summed E-state index contributed by atoms with van der Waals surface area (Å²) in [6.07, 6.45) is 3.97. The van der Waals surface area contributed by atoms with Crippen molar-refractivity contribution in [2.24, 2.45) is 5.92 Å². The number of hydrogen-bond donors (Lipinski definition) is 0. The Kier molecular flexibility index (Phi) is 4.23.